The Hall–Kier alpha value is -2.93. The smallest absolute Gasteiger partial charge is 0.282 e. The second-order valence-electron chi connectivity index (χ2n) is 5.18. The molecular formula is C17H12N4O2S. The molecular weight excluding hydrogens is 324 g/mol. The maximum Gasteiger partial charge on any atom is 0.282 e. The minimum absolute atomic E-state index is 0.208. The summed E-state index contributed by atoms with van der Waals surface area (Å²) in [7, 11) is 0. The first-order valence-corrected chi connectivity index (χ1v) is 8.47. The van der Waals surface area contributed by atoms with E-state index < -0.39 is 0 Å². The fraction of sp³-hybridized carbons (Fsp3) is 0.0588. The Morgan fingerprint density at radius 3 is 2.67 bits per heavy atom. The van der Waals surface area contributed by atoms with Gasteiger partial charge in [-0.05, 0) is 24.5 Å². The summed E-state index contributed by atoms with van der Waals surface area (Å²) in [6, 6.07) is 14.3. The van der Waals surface area contributed by atoms with Crippen molar-refractivity contribution >= 4 is 40.0 Å². The maximum atomic E-state index is 12.8. The highest BCUT2D eigenvalue weighted by Gasteiger charge is 2.26. The predicted octanol–water partition coefficient (Wildman–Crippen LogP) is 2.32. The van der Waals surface area contributed by atoms with Gasteiger partial charge in [-0.3, -0.25) is 9.59 Å². The molecule has 0 spiro atoms. The summed E-state index contributed by atoms with van der Waals surface area (Å²) in [4.78, 5) is 29.5. The Kier molecular flexibility index (Phi) is 3.42. The molecule has 1 aliphatic heterocycles. The molecule has 1 aromatic heterocycles. The molecule has 0 bridgehead atoms. The fourth-order valence-corrected chi connectivity index (χ4v) is 3.11. The lowest BCUT2D eigenvalue weighted by atomic mass is 10.1. The Bertz CT molecular complexity index is 1070. The Balaban J connectivity index is 1.99. The predicted molar refractivity (Wildman–Crippen MR) is 94.8 cm³/mol. The number of thioether (sulfide) groups is 1. The number of carbonyl (C=O) groups is 1. The number of hydrogen-bond donors (Lipinski definition) is 1. The molecule has 1 amide bonds. The quantitative estimate of drug-likeness (QED) is 0.575. The summed E-state index contributed by atoms with van der Waals surface area (Å²) in [6.45, 7) is 0. The molecule has 0 aliphatic carbocycles. The monoisotopic (exact) mass is 336 g/mol. The van der Waals surface area contributed by atoms with E-state index in [4.69, 9.17) is 0 Å². The summed E-state index contributed by atoms with van der Waals surface area (Å²) in [5.74, 6) is -0.330. The number of rotatable bonds is 2. The topological polar surface area (TPSA) is 76.3 Å². The third-order valence-electron chi connectivity index (χ3n) is 3.75. The van der Waals surface area contributed by atoms with Crippen molar-refractivity contribution in [1.29, 1.82) is 0 Å². The van der Waals surface area contributed by atoms with Crippen LogP contribution in [0.15, 0.2) is 63.6 Å². The summed E-state index contributed by atoms with van der Waals surface area (Å²) < 4.78 is 1.20. The molecule has 0 saturated carbocycles. The highest BCUT2D eigenvalue weighted by molar-refractivity contribution is 7.98. The van der Waals surface area contributed by atoms with Crippen molar-refractivity contribution in [2.75, 3.05) is 11.6 Å². The molecule has 0 fully saturated rings. The molecule has 0 atom stereocenters. The van der Waals surface area contributed by atoms with Crippen molar-refractivity contribution in [3.63, 3.8) is 0 Å². The number of carbonyl (C=O) groups excluding carboxylic acids is 1. The van der Waals surface area contributed by atoms with Crippen LogP contribution in [0.25, 0.3) is 10.9 Å². The standard InChI is InChI=1S/C17H12N4O2S/c1-24-17-19-13-9-5-3-7-11(13)16(23)21(17)20-14-10-6-2-4-8-12(10)18-15(14)22/h2-9H,1H3,(H,18,20,22). The van der Waals surface area contributed by atoms with Gasteiger partial charge in [0.2, 0.25) is 0 Å². The molecule has 1 N–H and O–H groups in total. The first kappa shape index (κ1) is 14.6. The summed E-state index contributed by atoms with van der Waals surface area (Å²) >= 11 is 1.30. The molecule has 0 unspecified atom stereocenters. The van der Waals surface area contributed by atoms with Gasteiger partial charge >= 0.3 is 0 Å². The summed E-state index contributed by atoms with van der Waals surface area (Å²) in [5, 5.41) is 7.97. The molecule has 118 valence electrons. The minimum atomic E-state index is -0.330. The third kappa shape index (κ3) is 2.21. The van der Waals surface area contributed by atoms with E-state index in [1.165, 1.54) is 16.4 Å². The lowest BCUT2D eigenvalue weighted by molar-refractivity contribution is -0.110. The van der Waals surface area contributed by atoms with Crippen LogP contribution in [0.3, 0.4) is 0 Å². The van der Waals surface area contributed by atoms with Crippen molar-refractivity contribution in [2.24, 2.45) is 5.10 Å². The number of nitrogens with zero attached hydrogens (tertiary/aromatic N) is 3. The molecule has 4 rings (SSSR count). The first-order valence-electron chi connectivity index (χ1n) is 7.24. The molecule has 0 radical (unpaired) electrons. The molecule has 1 aliphatic rings. The molecule has 6 nitrogen and oxygen atoms in total. The van der Waals surface area contributed by atoms with Gasteiger partial charge in [-0.2, -0.15) is 9.78 Å². The van der Waals surface area contributed by atoms with Crippen molar-refractivity contribution in [3.05, 3.63) is 64.4 Å². The number of hydrogen-bond acceptors (Lipinski definition) is 5. The van der Waals surface area contributed by atoms with Gasteiger partial charge < -0.3 is 5.32 Å². The summed E-state index contributed by atoms with van der Waals surface area (Å²) in [6.07, 6.45) is 1.82. The van der Waals surface area contributed by atoms with Crippen LogP contribution in [-0.2, 0) is 4.79 Å². The number of benzene rings is 2. The molecule has 24 heavy (non-hydrogen) atoms. The maximum absolute atomic E-state index is 12.8. The number of fused-ring (bicyclic) bond motifs is 2. The van der Waals surface area contributed by atoms with Crippen LogP contribution in [0.2, 0.25) is 0 Å². The number of anilines is 1. The third-order valence-corrected chi connectivity index (χ3v) is 4.38. The van der Waals surface area contributed by atoms with Crippen LogP contribution in [0.5, 0.6) is 0 Å². The van der Waals surface area contributed by atoms with E-state index in [0.717, 1.165) is 0 Å². The molecule has 3 aromatic rings. The van der Waals surface area contributed by atoms with Gasteiger partial charge in [0, 0.05) is 5.56 Å². The summed E-state index contributed by atoms with van der Waals surface area (Å²) in [5.41, 5.74) is 1.89. The lowest BCUT2D eigenvalue weighted by Crippen LogP contribution is -2.24. The number of para-hydroxylation sites is 2. The van der Waals surface area contributed by atoms with Crippen LogP contribution in [0.4, 0.5) is 5.69 Å². The van der Waals surface area contributed by atoms with Gasteiger partial charge in [0.1, 0.15) is 0 Å². The van der Waals surface area contributed by atoms with E-state index in [1.54, 1.807) is 30.3 Å². The lowest BCUT2D eigenvalue weighted by Gasteiger charge is -2.07. The average molecular weight is 336 g/mol. The van der Waals surface area contributed by atoms with Gasteiger partial charge in [-0.25, -0.2) is 4.98 Å². The molecule has 2 heterocycles. The highest BCUT2D eigenvalue weighted by atomic mass is 32.2. The Morgan fingerprint density at radius 2 is 1.83 bits per heavy atom. The Morgan fingerprint density at radius 1 is 1.08 bits per heavy atom. The molecule has 0 saturated heterocycles. The zero-order valence-corrected chi connectivity index (χ0v) is 13.5. The first-order chi connectivity index (χ1) is 11.7. The number of aromatic nitrogens is 2. The van der Waals surface area contributed by atoms with Gasteiger partial charge in [-0.1, -0.05) is 42.1 Å². The Labute approximate surface area is 141 Å². The van der Waals surface area contributed by atoms with Gasteiger partial charge in [0.05, 0.1) is 16.6 Å². The van der Waals surface area contributed by atoms with E-state index in [9.17, 15) is 9.59 Å². The molecule has 7 heteroatoms. The zero-order chi connectivity index (χ0) is 16.7. The number of amides is 1. The van der Waals surface area contributed by atoms with Gasteiger partial charge in [0.15, 0.2) is 10.9 Å². The largest absolute Gasteiger partial charge is 0.320 e. The molecule has 2 aromatic carbocycles. The average Bonchev–Trinajstić information content (AvgIpc) is 2.92. The van der Waals surface area contributed by atoms with E-state index in [2.05, 4.69) is 15.4 Å². The van der Waals surface area contributed by atoms with Crippen LogP contribution in [0.1, 0.15) is 5.56 Å². The van der Waals surface area contributed by atoms with E-state index >= 15 is 0 Å². The van der Waals surface area contributed by atoms with E-state index in [1.807, 2.05) is 24.5 Å². The SMILES string of the molecule is CSc1nc2ccccc2c(=O)n1/N=C1\C(=O)Nc2ccccc21. The van der Waals surface area contributed by atoms with Crippen molar-refractivity contribution in [2.45, 2.75) is 5.16 Å². The number of nitrogens with one attached hydrogen (secondary N) is 1. The second-order valence-corrected chi connectivity index (χ2v) is 5.95. The normalized spacial score (nSPS) is 14.9. The van der Waals surface area contributed by atoms with Gasteiger partial charge in [-0.15, -0.1) is 0 Å². The van der Waals surface area contributed by atoms with Crippen LogP contribution in [-0.4, -0.2) is 27.5 Å². The second kappa shape index (κ2) is 5.61. The van der Waals surface area contributed by atoms with Crippen LogP contribution < -0.4 is 10.9 Å². The van der Waals surface area contributed by atoms with Crippen molar-refractivity contribution in [3.8, 4) is 0 Å². The highest BCUT2D eigenvalue weighted by Crippen LogP contribution is 2.23. The zero-order valence-electron chi connectivity index (χ0n) is 12.7. The van der Waals surface area contributed by atoms with Gasteiger partial charge in [0.25, 0.3) is 11.5 Å². The van der Waals surface area contributed by atoms with Crippen LogP contribution in [0, 0.1) is 0 Å². The fourth-order valence-electron chi connectivity index (χ4n) is 2.63. The van der Waals surface area contributed by atoms with E-state index in [-0.39, 0.29) is 17.2 Å². The minimum Gasteiger partial charge on any atom is -0.320 e. The van der Waals surface area contributed by atoms with E-state index in [0.29, 0.717) is 27.3 Å². The van der Waals surface area contributed by atoms with Crippen molar-refractivity contribution < 1.29 is 4.79 Å². The van der Waals surface area contributed by atoms with Crippen molar-refractivity contribution in [1.82, 2.24) is 9.66 Å². The van der Waals surface area contributed by atoms with Crippen LogP contribution >= 0.6 is 11.8 Å².